The Kier molecular flexibility index (Phi) is 6.99. The molecule has 2 N–H and O–H groups in total. The maximum atomic E-state index is 12.2. The van der Waals surface area contributed by atoms with Crippen LogP contribution in [0.1, 0.15) is 0 Å². The first-order chi connectivity index (χ1) is 13.1. The monoisotopic (exact) mass is 376 g/mol. The Hall–Kier alpha value is -3.29. The topological polar surface area (TPSA) is 87.3 Å². The van der Waals surface area contributed by atoms with E-state index in [2.05, 4.69) is 10.6 Å². The number of ether oxygens (including phenoxy) is 5. The summed E-state index contributed by atoms with van der Waals surface area (Å²) in [6.07, 6.45) is 0. The van der Waals surface area contributed by atoms with E-state index in [4.69, 9.17) is 23.7 Å². The van der Waals surface area contributed by atoms with E-state index in [0.29, 0.717) is 40.1 Å². The molecule has 146 valence electrons. The Morgan fingerprint density at radius 3 is 1.81 bits per heavy atom. The van der Waals surface area contributed by atoms with E-state index in [1.165, 1.54) is 28.4 Å². The quantitative estimate of drug-likeness (QED) is 0.696. The molecule has 0 aromatic heterocycles. The van der Waals surface area contributed by atoms with E-state index < -0.39 is 0 Å². The maximum Gasteiger partial charge on any atom is 0.243 e. The van der Waals surface area contributed by atoms with Gasteiger partial charge in [0.2, 0.25) is 11.7 Å². The number of anilines is 2. The molecule has 2 rings (SSSR count). The third-order valence-corrected chi connectivity index (χ3v) is 3.79. The summed E-state index contributed by atoms with van der Waals surface area (Å²) in [5.74, 6) is 2.38. The molecule has 0 saturated heterocycles. The highest BCUT2D eigenvalue weighted by atomic mass is 16.5. The second-order valence-electron chi connectivity index (χ2n) is 5.39. The van der Waals surface area contributed by atoms with Gasteiger partial charge in [-0.1, -0.05) is 0 Å². The maximum absolute atomic E-state index is 12.2. The van der Waals surface area contributed by atoms with Crippen molar-refractivity contribution in [3.05, 3.63) is 30.3 Å². The molecule has 0 fully saturated rings. The van der Waals surface area contributed by atoms with Crippen LogP contribution in [0.2, 0.25) is 0 Å². The van der Waals surface area contributed by atoms with E-state index in [1.807, 2.05) is 0 Å². The van der Waals surface area contributed by atoms with Gasteiger partial charge in [-0.2, -0.15) is 0 Å². The lowest BCUT2D eigenvalue weighted by Gasteiger charge is -2.15. The first-order valence-corrected chi connectivity index (χ1v) is 8.12. The van der Waals surface area contributed by atoms with Gasteiger partial charge in [0.1, 0.15) is 0 Å². The van der Waals surface area contributed by atoms with E-state index in [0.717, 1.165) is 0 Å². The van der Waals surface area contributed by atoms with Crippen LogP contribution in [0.15, 0.2) is 30.3 Å². The molecule has 8 heteroatoms. The van der Waals surface area contributed by atoms with Crippen LogP contribution in [0.5, 0.6) is 28.7 Å². The molecule has 2 aromatic rings. The van der Waals surface area contributed by atoms with Crippen LogP contribution in [0, 0.1) is 0 Å². The number of rotatable bonds is 9. The third-order valence-electron chi connectivity index (χ3n) is 3.79. The molecule has 0 radical (unpaired) electrons. The highest BCUT2D eigenvalue weighted by molar-refractivity contribution is 5.94. The van der Waals surface area contributed by atoms with Crippen LogP contribution in [0.3, 0.4) is 0 Å². The predicted molar refractivity (Wildman–Crippen MR) is 103 cm³/mol. The second kappa shape index (κ2) is 9.42. The Labute approximate surface area is 158 Å². The molecule has 1 amide bonds. The molecule has 0 aliphatic heterocycles. The van der Waals surface area contributed by atoms with Gasteiger partial charge in [-0.3, -0.25) is 4.79 Å². The van der Waals surface area contributed by atoms with Gasteiger partial charge in [0.05, 0.1) is 42.1 Å². The number of hydrogen-bond acceptors (Lipinski definition) is 7. The van der Waals surface area contributed by atoms with Gasteiger partial charge >= 0.3 is 0 Å². The molecule has 0 aliphatic rings. The minimum Gasteiger partial charge on any atom is -0.493 e. The average molecular weight is 376 g/mol. The lowest BCUT2D eigenvalue weighted by molar-refractivity contribution is -0.114. The third kappa shape index (κ3) is 4.87. The van der Waals surface area contributed by atoms with Gasteiger partial charge in [-0.05, 0) is 12.1 Å². The summed E-state index contributed by atoms with van der Waals surface area (Å²) in [5.41, 5.74) is 1.26. The van der Waals surface area contributed by atoms with Crippen LogP contribution in [-0.2, 0) is 4.79 Å². The number of hydrogen-bond donors (Lipinski definition) is 2. The number of methoxy groups -OCH3 is 5. The lowest BCUT2D eigenvalue weighted by Crippen LogP contribution is -2.21. The van der Waals surface area contributed by atoms with Crippen molar-refractivity contribution in [1.82, 2.24) is 0 Å². The van der Waals surface area contributed by atoms with Crippen molar-refractivity contribution in [3.8, 4) is 28.7 Å². The summed E-state index contributed by atoms with van der Waals surface area (Å²) in [6, 6.07) is 8.60. The van der Waals surface area contributed by atoms with Gasteiger partial charge in [0.15, 0.2) is 23.0 Å². The van der Waals surface area contributed by atoms with Crippen molar-refractivity contribution >= 4 is 17.3 Å². The Morgan fingerprint density at radius 2 is 1.30 bits per heavy atom. The summed E-state index contributed by atoms with van der Waals surface area (Å²) < 4.78 is 26.3. The molecule has 0 heterocycles. The fourth-order valence-electron chi connectivity index (χ4n) is 2.48. The molecule has 27 heavy (non-hydrogen) atoms. The fraction of sp³-hybridized carbons (Fsp3) is 0.316. The normalized spacial score (nSPS) is 9.96. The van der Waals surface area contributed by atoms with Crippen LogP contribution in [0.25, 0.3) is 0 Å². The molecule has 8 nitrogen and oxygen atoms in total. The van der Waals surface area contributed by atoms with Gasteiger partial charge in [-0.25, -0.2) is 0 Å². The first-order valence-electron chi connectivity index (χ1n) is 8.12. The van der Waals surface area contributed by atoms with Crippen LogP contribution in [0.4, 0.5) is 11.4 Å². The Bertz CT molecular complexity index is 769. The van der Waals surface area contributed by atoms with Crippen LogP contribution >= 0.6 is 0 Å². The van der Waals surface area contributed by atoms with E-state index in [-0.39, 0.29) is 12.5 Å². The summed E-state index contributed by atoms with van der Waals surface area (Å²) in [5, 5.41) is 5.83. The zero-order valence-electron chi connectivity index (χ0n) is 16.0. The number of amides is 1. The summed E-state index contributed by atoms with van der Waals surface area (Å²) >= 11 is 0. The summed E-state index contributed by atoms with van der Waals surface area (Å²) in [4.78, 5) is 12.2. The fourth-order valence-corrected chi connectivity index (χ4v) is 2.48. The van der Waals surface area contributed by atoms with E-state index in [9.17, 15) is 4.79 Å². The number of carbonyl (C=O) groups is 1. The standard InChI is InChI=1S/C19H24N2O6/c1-23-14-7-6-12(8-15(14)24-2)21-18(22)11-20-13-9-16(25-3)19(27-5)17(10-13)26-4/h6-10,20H,11H2,1-5H3,(H,21,22). The molecule has 2 aromatic carbocycles. The van der Waals surface area contributed by atoms with Crippen LogP contribution < -0.4 is 34.3 Å². The number of nitrogens with one attached hydrogen (secondary N) is 2. The Balaban J connectivity index is 2.05. The number of carbonyl (C=O) groups excluding carboxylic acids is 1. The summed E-state index contributed by atoms with van der Waals surface area (Å²) in [6.45, 7) is 0.0486. The average Bonchev–Trinajstić information content (AvgIpc) is 2.71. The molecule has 0 spiro atoms. The highest BCUT2D eigenvalue weighted by Gasteiger charge is 2.14. The minimum absolute atomic E-state index is 0.0486. The van der Waals surface area contributed by atoms with Crippen molar-refractivity contribution in [3.63, 3.8) is 0 Å². The zero-order valence-corrected chi connectivity index (χ0v) is 16.0. The molecule has 0 aliphatic carbocycles. The molecule has 0 unspecified atom stereocenters. The number of benzene rings is 2. The Morgan fingerprint density at radius 1 is 0.741 bits per heavy atom. The predicted octanol–water partition coefficient (Wildman–Crippen LogP) is 2.78. The molecular weight excluding hydrogens is 352 g/mol. The van der Waals surface area contributed by atoms with Gasteiger partial charge in [-0.15, -0.1) is 0 Å². The largest absolute Gasteiger partial charge is 0.493 e. The van der Waals surface area contributed by atoms with Crippen molar-refractivity contribution in [2.45, 2.75) is 0 Å². The van der Waals surface area contributed by atoms with E-state index >= 15 is 0 Å². The molecule has 0 atom stereocenters. The van der Waals surface area contributed by atoms with Gasteiger partial charge in [0.25, 0.3) is 0 Å². The van der Waals surface area contributed by atoms with E-state index in [1.54, 1.807) is 37.4 Å². The first kappa shape index (κ1) is 20.0. The van der Waals surface area contributed by atoms with Crippen molar-refractivity contribution < 1.29 is 28.5 Å². The smallest absolute Gasteiger partial charge is 0.243 e. The van der Waals surface area contributed by atoms with Crippen molar-refractivity contribution in [2.75, 3.05) is 52.7 Å². The van der Waals surface area contributed by atoms with Gasteiger partial charge in [0, 0.05) is 29.6 Å². The molecule has 0 saturated carbocycles. The lowest BCUT2D eigenvalue weighted by atomic mass is 10.2. The van der Waals surface area contributed by atoms with Crippen molar-refractivity contribution in [1.29, 1.82) is 0 Å². The minimum atomic E-state index is -0.226. The molecule has 0 bridgehead atoms. The van der Waals surface area contributed by atoms with Crippen LogP contribution in [-0.4, -0.2) is 48.0 Å². The SMILES string of the molecule is COc1ccc(NC(=O)CNc2cc(OC)c(OC)c(OC)c2)cc1OC. The second-order valence-corrected chi connectivity index (χ2v) is 5.39. The van der Waals surface area contributed by atoms with Gasteiger partial charge < -0.3 is 34.3 Å². The van der Waals surface area contributed by atoms with Crippen molar-refractivity contribution in [2.24, 2.45) is 0 Å². The molecular formula is C19H24N2O6. The highest BCUT2D eigenvalue weighted by Crippen LogP contribution is 2.39. The zero-order chi connectivity index (χ0) is 19.8. The summed E-state index contributed by atoms with van der Waals surface area (Å²) in [7, 11) is 7.69.